The molecule has 0 saturated heterocycles. The Morgan fingerprint density at radius 1 is 1.25 bits per heavy atom. The fraction of sp³-hybridized carbons (Fsp3) is 0.562. The Balaban J connectivity index is 2.48. The molecular formula is C16H25BrN2O. The molecule has 112 valence electrons. The van der Waals surface area contributed by atoms with Crippen LogP contribution in [0.15, 0.2) is 28.7 Å². The summed E-state index contributed by atoms with van der Waals surface area (Å²) in [6.07, 6.45) is 1.39. The first-order valence-electron chi connectivity index (χ1n) is 7.11. The molecule has 1 unspecified atom stereocenters. The fourth-order valence-electron chi connectivity index (χ4n) is 1.93. The Morgan fingerprint density at radius 2 is 1.85 bits per heavy atom. The van der Waals surface area contributed by atoms with E-state index >= 15 is 0 Å². The summed E-state index contributed by atoms with van der Waals surface area (Å²) in [4.78, 5) is 12.0. The van der Waals surface area contributed by atoms with Crippen molar-refractivity contribution in [2.24, 2.45) is 0 Å². The number of nitrogens with one attached hydrogen (secondary N) is 2. The van der Waals surface area contributed by atoms with Crippen molar-refractivity contribution in [1.29, 1.82) is 0 Å². The van der Waals surface area contributed by atoms with Crippen molar-refractivity contribution < 1.29 is 4.79 Å². The largest absolute Gasteiger partial charge is 0.349 e. The summed E-state index contributed by atoms with van der Waals surface area (Å²) in [7, 11) is 0. The monoisotopic (exact) mass is 340 g/mol. The van der Waals surface area contributed by atoms with Gasteiger partial charge in [0.05, 0.1) is 6.04 Å². The SMILES string of the molecule is CCC(NC(=O)CCNC(C)(C)C)c1ccc(Br)cc1. The van der Waals surface area contributed by atoms with Crippen LogP contribution in [0, 0.1) is 0 Å². The molecule has 3 nitrogen and oxygen atoms in total. The molecular weight excluding hydrogens is 316 g/mol. The van der Waals surface area contributed by atoms with Crippen molar-refractivity contribution >= 4 is 21.8 Å². The summed E-state index contributed by atoms with van der Waals surface area (Å²) in [5.41, 5.74) is 1.20. The number of halogens is 1. The van der Waals surface area contributed by atoms with E-state index in [4.69, 9.17) is 0 Å². The van der Waals surface area contributed by atoms with Crippen LogP contribution in [0.1, 0.15) is 52.1 Å². The molecule has 0 radical (unpaired) electrons. The van der Waals surface area contributed by atoms with Gasteiger partial charge < -0.3 is 10.6 Å². The molecule has 0 bridgehead atoms. The minimum absolute atomic E-state index is 0.0517. The molecule has 20 heavy (non-hydrogen) atoms. The lowest BCUT2D eigenvalue weighted by atomic mass is 10.0. The van der Waals surface area contributed by atoms with Crippen LogP contribution in [-0.2, 0) is 4.79 Å². The van der Waals surface area contributed by atoms with Crippen LogP contribution in [0.25, 0.3) is 0 Å². The van der Waals surface area contributed by atoms with E-state index in [0.717, 1.165) is 16.5 Å². The first kappa shape index (κ1) is 17.2. The summed E-state index contributed by atoms with van der Waals surface area (Å²) in [6.45, 7) is 9.08. The molecule has 1 rings (SSSR count). The zero-order valence-electron chi connectivity index (χ0n) is 12.8. The molecule has 0 aromatic heterocycles. The third-order valence-electron chi connectivity index (χ3n) is 3.02. The Labute approximate surface area is 130 Å². The van der Waals surface area contributed by atoms with E-state index in [1.807, 2.05) is 24.3 Å². The summed E-state index contributed by atoms with van der Waals surface area (Å²) < 4.78 is 1.05. The lowest BCUT2D eigenvalue weighted by molar-refractivity contribution is -0.121. The maximum absolute atomic E-state index is 12.0. The van der Waals surface area contributed by atoms with Crippen LogP contribution < -0.4 is 10.6 Å². The number of benzene rings is 1. The van der Waals surface area contributed by atoms with Crippen molar-refractivity contribution in [3.8, 4) is 0 Å². The normalized spacial score (nSPS) is 13.1. The van der Waals surface area contributed by atoms with Gasteiger partial charge in [-0.15, -0.1) is 0 Å². The lowest BCUT2D eigenvalue weighted by Gasteiger charge is -2.21. The smallest absolute Gasteiger partial charge is 0.221 e. The fourth-order valence-corrected chi connectivity index (χ4v) is 2.20. The lowest BCUT2D eigenvalue weighted by Crippen LogP contribution is -2.39. The van der Waals surface area contributed by atoms with E-state index in [9.17, 15) is 4.79 Å². The van der Waals surface area contributed by atoms with Crippen molar-refractivity contribution in [3.63, 3.8) is 0 Å². The van der Waals surface area contributed by atoms with E-state index < -0.39 is 0 Å². The quantitative estimate of drug-likeness (QED) is 0.826. The number of amides is 1. The predicted molar refractivity (Wildman–Crippen MR) is 87.7 cm³/mol. The highest BCUT2D eigenvalue weighted by Crippen LogP contribution is 2.19. The van der Waals surface area contributed by atoms with Gasteiger partial charge in [-0.2, -0.15) is 0 Å². The summed E-state index contributed by atoms with van der Waals surface area (Å²) >= 11 is 3.42. The number of carbonyl (C=O) groups is 1. The number of carbonyl (C=O) groups excluding carboxylic acids is 1. The van der Waals surface area contributed by atoms with Crippen LogP contribution in [0.2, 0.25) is 0 Å². The van der Waals surface area contributed by atoms with E-state index in [0.29, 0.717) is 13.0 Å². The molecule has 0 saturated carbocycles. The van der Waals surface area contributed by atoms with Gasteiger partial charge in [0, 0.05) is 23.0 Å². The molecule has 0 fully saturated rings. The Morgan fingerprint density at radius 3 is 2.35 bits per heavy atom. The predicted octanol–water partition coefficient (Wildman–Crippen LogP) is 3.79. The van der Waals surface area contributed by atoms with Gasteiger partial charge in [0.15, 0.2) is 0 Å². The highest BCUT2D eigenvalue weighted by atomic mass is 79.9. The molecule has 0 aliphatic heterocycles. The van der Waals surface area contributed by atoms with E-state index in [-0.39, 0.29) is 17.5 Å². The Hall–Kier alpha value is -0.870. The molecule has 1 aromatic carbocycles. The zero-order chi connectivity index (χ0) is 15.2. The van der Waals surface area contributed by atoms with Gasteiger partial charge in [0.2, 0.25) is 5.91 Å². The molecule has 0 spiro atoms. The first-order chi connectivity index (χ1) is 9.31. The average Bonchev–Trinajstić information content (AvgIpc) is 2.35. The van der Waals surface area contributed by atoms with Crippen LogP contribution in [0.3, 0.4) is 0 Å². The van der Waals surface area contributed by atoms with Gasteiger partial charge in [-0.3, -0.25) is 4.79 Å². The van der Waals surface area contributed by atoms with Gasteiger partial charge in [0.1, 0.15) is 0 Å². The van der Waals surface area contributed by atoms with Gasteiger partial charge in [-0.25, -0.2) is 0 Å². The van der Waals surface area contributed by atoms with Crippen molar-refractivity contribution in [2.45, 2.75) is 52.1 Å². The molecule has 0 aliphatic carbocycles. The zero-order valence-corrected chi connectivity index (χ0v) is 14.4. The molecule has 4 heteroatoms. The van der Waals surface area contributed by atoms with Gasteiger partial charge >= 0.3 is 0 Å². The second-order valence-electron chi connectivity index (χ2n) is 6.01. The second-order valence-corrected chi connectivity index (χ2v) is 6.92. The number of hydrogen-bond donors (Lipinski definition) is 2. The molecule has 1 atom stereocenters. The minimum Gasteiger partial charge on any atom is -0.349 e. The van der Waals surface area contributed by atoms with Gasteiger partial charge in [-0.1, -0.05) is 35.0 Å². The Kier molecular flexibility index (Phi) is 6.69. The first-order valence-corrected chi connectivity index (χ1v) is 7.91. The van der Waals surface area contributed by atoms with Crippen LogP contribution in [0.5, 0.6) is 0 Å². The third-order valence-corrected chi connectivity index (χ3v) is 3.55. The van der Waals surface area contributed by atoms with Crippen LogP contribution in [-0.4, -0.2) is 18.0 Å². The van der Waals surface area contributed by atoms with Crippen LogP contribution in [0.4, 0.5) is 0 Å². The standard InChI is InChI=1S/C16H25BrN2O/c1-5-14(12-6-8-13(17)9-7-12)19-15(20)10-11-18-16(2,3)4/h6-9,14,18H,5,10-11H2,1-4H3,(H,19,20). The second kappa shape index (κ2) is 7.79. The number of hydrogen-bond acceptors (Lipinski definition) is 2. The third kappa shape index (κ3) is 6.53. The van der Waals surface area contributed by atoms with E-state index in [1.54, 1.807) is 0 Å². The minimum atomic E-state index is 0.0517. The highest BCUT2D eigenvalue weighted by molar-refractivity contribution is 9.10. The molecule has 0 heterocycles. The molecule has 1 aromatic rings. The van der Waals surface area contributed by atoms with Crippen molar-refractivity contribution in [2.75, 3.05) is 6.54 Å². The number of rotatable bonds is 6. The van der Waals surface area contributed by atoms with Crippen molar-refractivity contribution in [3.05, 3.63) is 34.3 Å². The van der Waals surface area contributed by atoms with Crippen LogP contribution >= 0.6 is 15.9 Å². The summed E-state index contributed by atoms with van der Waals surface area (Å²) in [6, 6.07) is 8.19. The van der Waals surface area contributed by atoms with Gasteiger partial charge in [-0.05, 0) is 44.9 Å². The van der Waals surface area contributed by atoms with E-state index in [2.05, 4.69) is 54.3 Å². The molecule has 2 N–H and O–H groups in total. The Bertz CT molecular complexity index is 423. The maximum Gasteiger partial charge on any atom is 0.221 e. The summed E-state index contributed by atoms with van der Waals surface area (Å²) in [5, 5.41) is 6.42. The highest BCUT2D eigenvalue weighted by Gasteiger charge is 2.14. The molecule has 0 aliphatic rings. The average molecular weight is 341 g/mol. The van der Waals surface area contributed by atoms with Crippen molar-refractivity contribution in [1.82, 2.24) is 10.6 Å². The van der Waals surface area contributed by atoms with Gasteiger partial charge in [0.25, 0.3) is 0 Å². The molecule has 1 amide bonds. The van der Waals surface area contributed by atoms with E-state index in [1.165, 1.54) is 0 Å². The summed E-state index contributed by atoms with van der Waals surface area (Å²) in [5.74, 6) is 0.0940. The topological polar surface area (TPSA) is 41.1 Å². The maximum atomic E-state index is 12.0.